The number of nitrogens with zero attached hydrogens (tertiary/aromatic N) is 2. The lowest BCUT2D eigenvalue weighted by molar-refractivity contribution is 0.329. The van der Waals surface area contributed by atoms with Crippen molar-refractivity contribution in [2.75, 3.05) is 6.61 Å². The van der Waals surface area contributed by atoms with Crippen molar-refractivity contribution in [1.82, 2.24) is 0 Å². The van der Waals surface area contributed by atoms with E-state index in [-0.39, 0.29) is 0 Å². The largest absolute Gasteiger partial charge is 0.478 e. The molecule has 0 spiro atoms. The molecule has 0 bridgehead atoms. The number of allylic oxidation sites excluding steroid dienone is 1. The highest BCUT2D eigenvalue weighted by Crippen LogP contribution is 2.57. The maximum atomic E-state index is 5.84. The quantitative estimate of drug-likeness (QED) is 0.340. The van der Waals surface area contributed by atoms with Gasteiger partial charge in [0.1, 0.15) is 0 Å². The minimum Gasteiger partial charge on any atom is -0.478 e. The van der Waals surface area contributed by atoms with Gasteiger partial charge in [0.15, 0.2) is 0 Å². The molecule has 2 aliphatic carbocycles. The van der Waals surface area contributed by atoms with Gasteiger partial charge in [0.05, 0.1) is 12.3 Å². The molecule has 0 aromatic heterocycles. The SMILES string of the molecule is CCOC(=Nc1ccc2c(c1)C1C[C@H]1C(N=C(C)c1ccccc1)=C2)c1ccccc1. The molecule has 2 atom stereocenters. The molecule has 1 saturated carbocycles. The highest BCUT2D eigenvalue weighted by atomic mass is 16.5. The Morgan fingerprint density at radius 3 is 2.29 bits per heavy atom. The number of rotatable bonds is 5. The van der Waals surface area contributed by atoms with Crippen LogP contribution in [-0.2, 0) is 4.74 Å². The van der Waals surface area contributed by atoms with Gasteiger partial charge in [-0.1, -0.05) is 54.6 Å². The van der Waals surface area contributed by atoms with E-state index in [1.54, 1.807) is 0 Å². The van der Waals surface area contributed by atoms with E-state index in [0.717, 1.165) is 23.4 Å². The van der Waals surface area contributed by atoms with Gasteiger partial charge in [0.2, 0.25) is 5.90 Å². The van der Waals surface area contributed by atoms with Gasteiger partial charge in [-0.15, -0.1) is 0 Å². The molecule has 154 valence electrons. The molecule has 0 heterocycles. The number of hydrogen-bond donors (Lipinski definition) is 0. The minimum atomic E-state index is 0.519. The Bertz CT molecular complexity index is 1180. The number of hydrogen-bond acceptors (Lipinski definition) is 3. The highest BCUT2D eigenvalue weighted by molar-refractivity contribution is 5.99. The summed E-state index contributed by atoms with van der Waals surface area (Å²) < 4.78 is 5.84. The third-order valence-corrected chi connectivity index (χ3v) is 5.96. The van der Waals surface area contributed by atoms with Crippen molar-refractivity contribution in [3.05, 3.63) is 107 Å². The van der Waals surface area contributed by atoms with Crippen LogP contribution in [-0.4, -0.2) is 18.2 Å². The van der Waals surface area contributed by atoms with Gasteiger partial charge in [0, 0.05) is 22.9 Å². The van der Waals surface area contributed by atoms with E-state index in [0.29, 0.717) is 24.3 Å². The predicted molar refractivity (Wildman–Crippen MR) is 128 cm³/mol. The maximum Gasteiger partial charge on any atom is 0.221 e. The molecule has 5 rings (SSSR count). The minimum absolute atomic E-state index is 0.519. The van der Waals surface area contributed by atoms with Gasteiger partial charge in [-0.2, -0.15) is 0 Å². The van der Waals surface area contributed by atoms with Crippen LogP contribution < -0.4 is 0 Å². The van der Waals surface area contributed by atoms with Crippen LogP contribution in [0.4, 0.5) is 5.69 Å². The molecule has 2 aliphatic rings. The zero-order valence-corrected chi connectivity index (χ0v) is 18.0. The standard InChI is InChI=1S/C28H26N2O/c1-3-31-28(21-12-8-5-9-13-21)30-23-15-14-22-16-27(26-18-25(26)24(22)17-23)29-19(2)20-10-6-4-7-11-20/h4-17,25-26H,3,18H2,1-2H3/t25?,26-/m1/s1. The zero-order chi connectivity index (χ0) is 21.2. The van der Waals surface area contributed by atoms with Gasteiger partial charge in [-0.3, -0.25) is 4.99 Å². The van der Waals surface area contributed by atoms with Crippen LogP contribution in [0.5, 0.6) is 0 Å². The first-order valence-corrected chi connectivity index (χ1v) is 11.0. The first-order valence-electron chi connectivity index (χ1n) is 11.0. The summed E-state index contributed by atoms with van der Waals surface area (Å²) in [5, 5.41) is 0. The Hall–Kier alpha value is -3.46. The van der Waals surface area contributed by atoms with Gasteiger partial charge >= 0.3 is 0 Å². The van der Waals surface area contributed by atoms with Crippen LogP contribution in [0.3, 0.4) is 0 Å². The molecule has 3 heteroatoms. The monoisotopic (exact) mass is 406 g/mol. The molecule has 31 heavy (non-hydrogen) atoms. The van der Waals surface area contributed by atoms with Crippen LogP contribution in [0.15, 0.2) is 94.5 Å². The zero-order valence-electron chi connectivity index (χ0n) is 18.0. The molecule has 1 unspecified atom stereocenters. The molecular formula is C28H26N2O. The Balaban J connectivity index is 1.46. The average molecular weight is 407 g/mol. The molecule has 0 saturated heterocycles. The summed E-state index contributed by atoms with van der Waals surface area (Å²) >= 11 is 0. The normalized spacial score (nSPS) is 19.9. The molecule has 3 aromatic carbocycles. The molecule has 0 aliphatic heterocycles. The molecule has 1 fully saturated rings. The Morgan fingerprint density at radius 1 is 0.871 bits per heavy atom. The first kappa shape index (κ1) is 19.5. The number of fused-ring (bicyclic) bond motifs is 3. The van der Waals surface area contributed by atoms with Crippen molar-refractivity contribution in [2.45, 2.75) is 26.2 Å². The molecule has 3 nitrogen and oxygen atoms in total. The second kappa shape index (κ2) is 8.35. The topological polar surface area (TPSA) is 34.0 Å². The van der Waals surface area contributed by atoms with Crippen molar-refractivity contribution in [3.63, 3.8) is 0 Å². The van der Waals surface area contributed by atoms with E-state index in [1.165, 1.54) is 22.4 Å². The Labute approximate surface area is 183 Å². The van der Waals surface area contributed by atoms with Crippen LogP contribution in [0.25, 0.3) is 6.08 Å². The molecule has 0 N–H and O–H groups in total. The van der Waals surface area contributed by atoms with Gasteiger partial charge in [0.25, 0.3) is 0 Å². The van der Waals surface area contributed by atoms with Crippen molar-refractivity contribution in [2.24, 2.45) is 15.9 Å². The van der Waals surface area contributed by atoms with Crippen molar-refractivity contribution >= 4 is 23.4 Å². The lowest BCUT2D eigenvalue weighted by Crippen LogP contribution is -2.06. The lowest BCUT2D eigenvalue weighted by Gasteiger charge is -2.15. The van der Waals surface area contributed by atoms with Crippen molar-refractivity contribution in [3.8, 4) is 0 Å². The summed E-state index contributed by atoms with van der Waals surface area (Å²) in [7, 11) is 0. The van der Waals surface area contributed by atoms with Crippen molar-refractivity contribution in [1.29, 1.82) is 0 Å². The summed E-state index contributed by atoms with van der Waals surface area (Å²) in [6.45, 7) is 4.68. The van der Waals surface area contributed by atoms with Gasteiger partial charge in [-0.25, -0.2) is 4.99 Å². The van der Waals surface area contributed by atoms with Gasteiger partial charge < -0.3 is 4.74 Å². The Morgan fingerprint density at radius 2 is 1.58 bits per heavy atom. The fourth-order valence-corrected chi connectivity index (χ4v) is 4.28. The van der Waals surface area contributed by atoms with E-state index in [1.807, 2.05) is 43.3 Å². The van der Waals surface area contributed by atoms with E-state index in [9.17, 15) is 0 Å². The summed E-state index contributed by atoms with van der Waals surface area (Å²) in [5.74, 6) is 1.74. The summed E-state index contributed by atoms with van der Waals surface area (Å²) in [4.78, 5) is 9.83. The molecule has 3 aromatic rings. The number of benzene rings is 3. The predicted octanol–water partition coefficient (Wildman–Crippen LogP) is 6.77. The van der Waals surface area contributed by atoms with Gasteiger partial charge in [-0.05, 0) is 73.2 Å². The molecular weight excluding hydrogens is 380 g/mol. The smallest absolute Gasteiger partial charge is 0.221 e. The van der Waals surface area contributed by atoms with Crippen LogP contribution >= 0.6 is 0 Å². The van der Waals surface area contributed by atoms with Crippen LogP contribution in [0.1, 0.15) is 48.4 Å². The number of ether oxygens (including phenoxy) is 1. The molecule has 0 amide bonds. The van der Waals surface area contributed by atoms with E-state index in [2.05, 4.69) is 55.5 Å². The van der Waals surface area contributed by atoms with Crippen LogP contribution in [0, 0.1) is 5.92 Å². The average Bonchev–Trinajstić information content (AvgIpc) is 3.62. The summed E-state index contributed by atoms with van der Waals surface area (Å²) in [5.41, 5.74) is 8.04. The summed E-state index contributed by atoms with van der Waals surface area (Å²) in [6.07, 6.45) is 3.42. The first-order chi connectivity index (χ1) is 15.2. The Kier molecular flexibility index (Phi) is 5.25. The second-order valence-electron chi connectivity index (χ2n) is 8.11. The van der Waals surface area contributed by atoms with E-state index in [4.69, 9.17) is 14.7 Å². The third kappa shape index (κ3) is 4.09. The third-order valence-electron chi connectivity index (χ3n) is 5.96. The van der Waals surface area contributed by atoms with Crippen LogP contribution in [0.2, 0.25) is 0 Å². The van der Waals surface area contributed by atoms with Crippen molar-refractivity contribution < 1.29 is 4.74 Å². The lowest BCUT2D eigenvalue weighted by atomic mass is 9.94. The second-order valence-corrected chi connectivity index (χ2v) is 8.11. The fourth-order valence-electron chi connectivity index (χ4n) is 4.28. The van der Waals surface area contributed by atoms with E-state index < -0.39 is 0 Å². The van der Waals surface area contributed by atoms with E-state index >= 15 is 0 Å². The number of aliphatic imine (C=N–C) groups is 2. The summed E-state index contributed by atoms with van der Waals surface area (Å²) in [6, 6.07) is 27.0. The molecule has 0 radical (unpaired) electrons. The highest BCUT2D eigenvalue weighted by Gasteiger charge is 2.44. The fraction of sp³-hybridized carbons (Fsp3) is 0.214. The maximum absolute atomic E-state index is 5.84.